The van der Waals surface area contributed by atoms with Crippen molar-refractivity contribution < 1.29 is 9.53 Å². The van der Waals surface area contributed by atoms with Gasteiger partial charge in [-0.3, -0.25) is 4.79 Å². The maximum atomic E-state index is 12.1. The normalized spacial score (nSPS) is 14.2. The van der Waals surface area contributed by atoms with Gasteiger partial charge in [-0.05, 0) is 18.6 Å². The first kappa shape index (κ1) is 18.0. The molecule has 1 aliphatic heterocycles. The molecule has 0 aliphatic carbocycles. The van der Waals surface area contributed by atoms with Crippen LogP contribution in [0.4, 0.5) is 11.5 Å². The van der Waals surface area contributed by atoms with E-state index in [4.69, 9.17) is 4.74 Å². The number of hydrogen-bond donors (Lipinski definition) is 1. The molecule has 0 bridgehead atoms. The smallest absolute Gasteiger partial charge is 0.270 e. The zero-order valence-electron chi connectivity index (χ0n) is 15.3. The molecule has 0 unspecified atom stereocenters. The Morgan fingerprint density at radius 2 is 1.88 bits per heavy atom. The second-order valence-electron chi connectivity index (χ2n) is 6.16. The van der Waals surface area contributed by atoms with E-state index < -0.39 is 0 Å². The molecule has 1 amide bonds. The van der Waals surface area contributed by atoms with Gasteiger partial charge in [-0.1, -0.05) is 19.1 Å². The SMILES string of the molecule is CCCNC(=O)c1cc(N2CCN(c3ccccc3OC)CC2)ncn1. The number of piperazine rings is 1. The third-order valence-corrected chi connectivity index (χ3v) is 4.45. The molecule has 1 aromatic carbocycles. The molecular weight excluding hydrogens is 330 g/mol. The van der Waals surface area contributed by atoms with Crippen LogP contribution in [0.15, 0.2) is 36.7 Å². The minimum absolute atomic E-state index is 0.150. The lowest BCUT2D eigenvalue weighted by Gasteiger charge is -2.37. The molecule has 0 radical (unpaired) electrons. The highest BCUT2D eigenvalue weighted by atomic mass is 16.5. The summed E-state index contributed by atoms with van der Waals surface area (Å²) in [5.41, 5.74) is 1.52. The number of nitrogens with zero attached hydrogens (tertiary/aromatic N) is 4. The zero-order chi connectivity index (χ0) is 18.4. The molecule has 2 heterocycles. The van der Waals surface area contributed by atoms with Gasteiger partial charge in [-0.25, -0.2) is 9.97 Å². The van der Waals surface area contributed by atoms with E-state index in [-0.39, 0.29) is 5.91 Å². The highest BCUT2D eigenvalue weighted by molar-refractivity contribution is 5.92. The number of nitrogens with one attached hydrogen (secondary N) is 1. The number of ether oxygens (including phenoxy) is 1. The fourth-order valence-electron chi connectivity index (χ4n) is 3.04. The first-order chi connectivity index (χ1) is 12.7. The summed E-state index contributed by atoms with van der Waals surface area (Å²) in [6.45, 7) is 6.04. The van der Waals surface area contributed by atoms with Crippen molar-refractivity contribution in [1.82, 2.24) is 15.3 Å². The molecule has 7 heteroatoms. The van der Waals surface area contributed by atoms with Crippen LogP contribution in [0.5, 0.6) is 5.75 Å². The van der Waals surface area contributed by atoms with Crippen molar-refractivity contribution >= 4 is 17.4 Å². The van der Waals surface area contributed by atoms with Gasteiger partial charge in [-0.2, -0.15) is 0 Å². The summed E-state index contributed by atoms with van der Waals surface area (Å²) in [6.07, 6.45) is 2.36. The van der Waals surface area contributed by atoms with E-state index in [1.807, 2.05) is 25.1 Å². The summed E-state index contributed by atoms with van der Waals surface area (Å²) in [6, 6.07) is 9.83. The Balaban J connectivity index is 1.66. The summed E-state index contributed by atoms with van der Waals surface area (Å²) in [5, 5.41) is 2.85. The lowest BCUT2D eigenvalue weighted by molar-refractivity contribution is 0.0948. The number of methoxy groups -OCH3 is 1. The lowest BCUT2D eigenvalue weighted by atomic mass is 10.2. The highest BCUT2D eigenvalue weighted by Gasteiger charge is 2.21. The lowest BCUT2D eigenvalue weighted by Crippen LogP contribution is -2.47. The van der Waals surface area contributed by atoms with Crippen LogP contribution >= 0.6 is 0 Å². The molecule has 1 aromatic heterocycles. The standard InChI is InChI=1S/C19H25N5O2/c1-3-8-20-19(25)15-13-18(22-14-21-15)24-11-9-23(10-12-24)16-6-4-5-7-17(16)26-2/h4-7,13-14H,3,8-12H2,1-2H3,(H,20,25). The Kier molecular flexibility index (Phi) is 5.88. The van der Waals surface area contributed by atoms with Gasteiger partial charge in [0.1, 0.15) is 23.6 Å². The maximum Gasteiger partial charge on any atom is 0.270 e. The van der Waals surface area contributed by atoms with Crippen LogP contribution < -0.4 is 19.9 Å². The van der Waals surface area contributed by atoms with E-state index >= 15 is 0 Å². The minimum Gasteiger partial charge on any atom is -0.495 e. The predicted molar refractivity (Wildman–Crippen MR) is 102 cm³/mol. The largest absolute Gasteiger partial charge is 0.495 e. The number of amides is 1. The zero-order valence-corrected chi connectivity index (χ0v) is 15.3. The summed E-state index contributed by atoms with van der Waals surface area (Å²) in [4.78, 5) is 25.0. The number of carbonyl (C=O) groups excluding carboxylic acids is 1. The third-order valence-electron chi connectivity index (χ3n) is 4.45. The van der Waals surface area contributed by atoms with Crippen LogP contribution in [-0.4, -0.2) is 55.7 Å². The van der Waals surface area contributed by atoms with Crippen molar-refractivity contribution in [3.8, 4) is 5.75 Å². The first-order valence-electron chi connectivity index (χ1n) is 8.96. The van der Waals surface area contributed by atoms with Crippen LogP contribution in [0.2, 0.25) is 0 Å². The molecule has 1 saturated heterocycles. The minimum atomic E-state index is -0.150. The molecule has 0 atom stereocenters. The summed E-state index contributed by atoms with van der Waals surface area (Å²) in [7, 11) is 1.70. The Hall–Kier alpha value is -2.83. The molecule has 3 rings (SSSR count). The number of rotatable bonds is 6. The van der Waals surface area contributed by atoms with E-state index in [9.17, 15) is 4.79 Å². The summed E-state index contributed by atoms with van der Waals surface area (Å²) >= 11 is 0. The van der Waals surface area contributed by atoms with Gasteiger partial charge in [-0.15, -0.1) is 0 Å². The van der Waals surface area contributed by atoms with E-state index in [0.717, 1.165) is 49.9 Å². The van der Waals surface area contributed by atoms with Gasteiger partial charge in [0.2, 0.25) is 0 Å². The van der Waals surface area contributed by atoms with Crippen molar-refractivity contribution in [1.29, 1.82) is 0 Å². The molecule has 1 N–H and O–H groups in total. The monoisotopic (exact) mass is 355 g/mol. The number of anilines is 2. The summed E-state index contributed by atoms with van der Waals surface area (Å²) in [5.74, 6) is 1.53. The third kappa shape index (κ3) is 4.04. The summed E-state index contributed by atoms with van der Waals surface area (Å²) < 4.78 is 5.46. The molecular formula is C19H25N5O2. The van der Waals surface area contributed by atoms with Crippen molar-refractivity contribution in [2.45, 2.75) is 13.3 Å². The topological polar surface area (TPSA) is 70.6 Å². The Bertz CT molecular complexity index is 744. The van der Waals surface area contributed by atoms with Crippen molar-refractivity contribution in [3.05, 3.63) is 42.4 Å². The number of para-hydroxylation sites is 2. The van der Waals surface area contributed by atoms with E-state index in [1.165, 1.54) is 6.33 Å². The average molecular weight is 355 g/mol. The second kappa shape index (κ2) is 8.51. The van der Waals surface area contributed by atoms with Crippen LogP contribution in [0, 0.1) is 0 Å². The molecule has 0 saturated carbocycles. The molecule has 138 valence electrons. The number of benzene rings is 1. The molecule has 1 aliphatic rings. The molecule has 2 aromatic rings. The van der Waals surface area contributed by atoms with Gasteiger partial charge in [0.05, 0.1) is 12.8 Å². The molecule has 1 fully saturated rings. The van der Waals surface area contributed by atoms with Crippen molar-refractivity contribution in [2.24, 2.45) is 0 Å². The van der Waals surface area contributed by atoms with Crippen LogP contribution in [0.3, 0.4) is 0 Å². The number of aromatic nitrogens is 2. The van der Waals surface area contributed by atoms with Gasteiger partial charge in [0, 0.05) is 38.8 Å². The van der Waals surface area contributed by atoms with Gasteiger partial charge < -0.3 is 19.9 Å². The maximum absolute atomic E-state index is 12.1. The van der Waals surface area contributed by atoms with Crippen LogP contribution in [0.1, 0.15) is 23.8 Å². The van der Waals surface area contributed by atoms with Crippen LogP contribution in [-0.2, 0) is 0 Å². The fraction of sp³-hybridized carbons (Fsp3) is 0.421. The Morgan fingerprint density at radius 1 is 1.15 bits per heavy atom. The Morgan fingerprint density at radius 3 is 2.62 bits per heavy atom. The van der Waals surface area contributed by atoms with E-state index in [1.54, 1.807) is 13.2 Å². The molecule has 26 heavy (non-hydrogen) atoms. The number of carbonyl (C=O) groups is 1. The van der Waals surface area contributed by atoms with Gasteiger partial charge in [0.15, 0.2) is 0 Å². The van der Waals surface area contributed by atoms with Gasteiger partial charge in [0.25, 0.3) is 5.91 Å². The Labute approximate surface area is 154 Å². The molecule has 7 nitrogen and oxygen atoms in total. The molecule has 0 spiro atoms. The van der Waals surface area contributed by atoms with Crippen molar-refractivity contribution in [3.63, 3.8) is 0 Å². The quantitative estimate of drug-likeness (QED) is 0.854. The fourth-order valence-corrected chi connectivity index (χ4v) is 3.04. The predicted octanol–water partition coefficient (Wildman–Crippen LogP) is 1.95. The van der Waals surface area contributed by atoms with Crippen molar-refractivity contribution in [2.75, 3.05) is 49.6 Å². The second-order valence-corrected chi connectivity index (χ2v) is 6.16. The van der Waals surface area contributed by atoms with E-state index in [2.05, 4.69) is 31.2 Å². The van der Waals surface area contributed by atoms with E-state index in [0.29, 0.717) is 12.2 Å². The number of hydrogen-bond acceptors (Lipinski definition) is 6. The first-order valence-corrected chi connectivity index (χ1v) is 8.96. The average Bonchev–Trinajstić information content (AvgIpc) is 2.72. The highest BCUT2D eigenvalue weighted by Crippen LogP contribution is 2.28. The van der Waals surface area contributed by atoms with Gasteiger partial charge >= 0.3 is 0 Å². The van der Waals surface area contributed by atoms with Crippen LogP contribution in [0.25, 0.3) is 0 Å².